The van der Waals surface area contributed by atoms with E-state index in [9.17, 15) is 4.79 Å². The van der Waals surface area contributed by atoms with E-state index < -0.39 is 0 Å². The number of nitrogens with zero attached hydrogens (tertiary/aromatic N) is 6. The predicted molar refractivity (Wildman–Crippen MR) is 114 cm³/mol. The maximum atomic E-state index is 12.4. The summed E-state index contributed by atoms with van der Waals surface area (Å²) < 4.78 is 5.03. The Kier molecular flexibility index (Phi) is 6.49. The highest BCUT2D eigenvalue weighted by atomic mass is 32.1. The number of likely N-dealkylation sites (tertiary alicyclic amines) is 1. The summed E-state index contributed by atoms with van der Waals surface area (Å²) in [5, 5.41) is 21.0. The standard InChI is InChI=1S/C20H22N8O2S/c1-2-18-25-17(27-30-18)11-22-19(29)14-12-31-20(24-14)26-16-7-3-5-13(23-16)15-6-4-9-28(15)10-8-21/h3,5,7,12,15H,2,4,6,9-11H2,1H3,(H,22,29)(H,23,24,26)/t15-/m0/s1. The lowest BCUT2D eigenvalue weighted by molar-refractivity contribution is 0.0945. The number of nitriles is 1. The van der Waals surface area contributed by atoms with Gasteiger partial charge >= 0.3 is 0 Å². The Morgan fingerprint density at radius 1 is 1.39 bits per heavy atom. The second-order valence-corrected chi connectivity index (χ2v) is 7.90. The third-order valence-electron chi connectivity index (χ3n) is 4.94. The maximum Gasteiger partial charge on any atom is 0.271 e. The quantitative estimate of drug-likeness (QED) is 0.509. The van der Waals surface area contributed by atoms with E-state index in [1.54, 1.807) is 5.38 Å². The van der Waals surface area contributed by atoms with Crippen LogP contribution in [-0.4, -0.2) is 44.0 Å². The van der Waals surface area contributed by atoms with Crippen LogP contribution in [-0.2, 0) is 13.0 Å². The molecule has 0 saturated carbocycles. The van der Waals surface area contributed by atoms with Gasteiger partial charge in [0.25, 0.3) is 5.91 Å². The molecule has 1 atom stereocenters. The number of amides is 1. The number of hydrogen-bond acceptors (Lipinski definition) is 10. The molecule has 1 aliphatic heterocycles. The molecular weight excluding hydrogens is 416 g/mol. The van der Waals surface area contributed by atoms with Crippen molar-refractivity contribution >= 4 is 28.2 Å². The van der Waals surface area contributed by atoms with Gasteiger partial charge in [0, 0.05) is 11.8 Å². The van der Waals surface area contributed by atoms with Crippen molar-refractivity contribution in [2.45, 2.75) is 38.8 Å². The van der Waals surface area contributed by atoms with Crippen molar-refractivity contribution in [2.24, 2.45) is 0 Å². The molecule has 2 N–H and O–H groups in total. The van der Waals surface area contributed by atoms with Gasteiger partial charge in [-0.3, -0.25) is 9.69 Å². The van der Waals surface area contributed by atoms with Gasteiger partial charge in [0.2, 0.25) is 5.89 Å². The molecule has 0 radical (unpaired) electrons. The summed E-state index contributed by atoms with van der Waals surface area (Å²) in [6.45, 7) is 3.40. The number of hydrogen-bond donors (Lipinski definition) is 2. The number of thiazole rings is 1. The number of anilines is 2. The molecule has 31 heavy (non-hydrogen) atoms. The lowest BCUT2D eigenvalue weighted by Gasteiger charge is -2.21. The molecule has 0 unspecified atom stereocenters. The summed E-state index contributed by atoms with van der Waals surface area (Å²) >= 11 is 1.32. The minimum absolute atomic E-state index is 0.150. The van der Waals surface area contributed by atoms with Crippen LogP contribution in [0, 0.1) is 11.3 Å². The monoisotopic (exact) mass is 438 g/mol. The highest BCUT2D eigenvalue weighted by molar-refractivity contribution is 7.14. The maximum absolute atomic E-state index is 12.4. The second-order valence-electron chi connectivity index (χ2n) is 7.04. The van der Waals surface area contributed by atoms with Crippen molar-refractivity contribution in [1.82, 2.24) is 30.3 Å². The molecule has 0 bridgehead atoms. The molecule has 1 amide bonds. The van der Waals surface area contributed by atoms with Crippen LogP contribution in [0.2, 0.25) is 0 Å². The number of pyridine rings is 1. The zero-order valence-corrected chi connectivity index (χ0v) is 17.9. The fraction of sp³-hybridized carbons (Fsp3) is 0.400. The van der Waals surface area contributed by atoms with E-state index in [0.717, 1.165) is 25.1 Å². The first-order valence-corrected chi connectivity index (χ1v) is 10.9. The van der Waals surface area contributed by atoms with Crippen molar-refractivity contribution in [3.05, 3.63) is 46.7 Å². The van der Waals surface area contributed by atoms with E-state index in [1.807, 2.05) is 25.1 Å². The van der Waals surface area contributed by atoms with Gasteiger partial charge in [-0.1, -0.05) is 18.1 Å². The van der Waals surface area contributed by atoms with Gasteiger partial charge in [-0.15, -0.1) is 11.3 Å². The zero-order valence-electron chi connectivity index (χ0n) is 17.0. The Labute approximate surface area is 183 Å². The van der Waals surface area contributed by atoms with Gasteiger partial charge in [-0.05, 0) is 31.5 Å². The molecule has 1 aliphatic rings. The highest BCUT2D eigenvalue weighted by Crippen LogP contribution is 2.31. The molecule has 0 aliphatic carbocycles. The second kappa shape index (κ2) is 9.63. The highest BCUT2D eigenvalue weighted by Gasteiger charge is 2.26. The molecule has 1 saturated heterocycles. The van der Waals surface area contributed by atoms with Gasteiger partial charge in [0.05, 0.1) is 30.9 Å². The first-order chi connectivity index (χ1) is 15.2. The predicted octanol–water partition coefficient (Wildman–Crippen LogP) is 2.82. The molecule has 4 heterocycles. The first kappa shape index (κ1) is 20.9. The SMILES string of the molecule is CCc1nc(CNC(=O)c2csc(Nc3cccc([C@@H]4CCCN4CC#N)n3)n2)no1. The van der Waals surface area contributed by atoms with E-state index in [0.29, 0.717) is 41.3 Å². The Bertz CT molecular complexity index is 1090. The topological polar surface area (TPSA) is 133 Å². The van der Waals surface area contributed by atoms with Crippen LogP contribution in [0.25, 0.3) is 0 Å². The number of aryl methyl sites for hydroxylation is 1. The summed E-state index contributed by atoms with van der Waals surface area (Å²) in [5.41, 5.74) is 1.23. The fourth-order valence-electron chi connectivity index (χ4n) is 3.45. The lowest BCUT2D eigenvalue weighted by atomic mass is 10.1. The molecule has 4 rings (SSSR count). The molecule has 0 spiro atoms. The number of carbonyl (C=O) groups is 1. The van der Waals surface area contributed by atoms with Crippen LogP contribution in [0.15, 0.2) is 28.1 Å². The van der Waals surface area contributed by atoms with Gasteiger partial charge in [-0.2, -0.15) is 10.2 Å². The lowest BCUT2D eigenvalue weighted by Crippen LogP contribution is -2.24. The van der Waals surface area contributed by atoms with Gasteiger partial charge in [0.1, 0.15) is 11.5 Å². The van der Waals surface area contributed by atoms with E-state index in [4.69, 9.17) is 14.8 Å². The fourth-order valence-corrected chi connectivity index (χ4v) is 4.15. The summed E-state index contributed by atoms with van der Waals surface area (Å²) in [6, 6.07) is 8.15. The normalized spacial score (nSPS) is 16.2. The molecule has 3 aromatic rings. The number of rotatable bonds is 8. The number of nitrogens with one attached hydrogen (secondary N) is 2. The van der Waals surface area contributed by atoms with E-state index in [1.165, 1.54) is 11.3 Å². The average molecular weight is 439 g/mol. The van der Waals surface area contributed by atoms with E-state index >= 15 is 0 Å². The Morgan fingerprint density at radius 3 is 3.10 bits per heavy atom. The molecule has 160 valence electrons. The van der Waals surface area contributed by atoms with Gasteiger partial charge in [-0.25, -0.2) is 9.97 Å². The molecule has 11 heteroatoms. The van der Waals surface area contributed by atoms with E-state index in [2.05, 4.69) is 36.7 Å². The van der Waals surface area contributed by atoms with Gasteiger partial charge in [0.15, 0.2) is 11.0 Å². The molecular formula is C20H22N8O2S. The van der Waals surface area contributed by atoms with Crippen LogP contribution in [0.1, 0.15) is 53.7 Å². The Morgan fingerprint density at radius 2 is 2.29 bits per heavy atom. The average Bonchev–Trinajstić information content (AvgIpc) is 3.53. The van der Waals surface area contributed by atoms with Crippen molar-refractivity contribution in [3.8, 4) is 6.07 Å². The minimum Gasteiger partial charge on any atom is -0.343 e. The smallest absolute Gasteiger partial charge is 0.271 e. The summed E-state index contributed by atoms with van der Waals surface area (Å²) in [6.07, 6.45) is 2.69. The van der Waals surface area contributed by atoms with Gasteiger partial charge < -0.3 is 15.2 Å². The van der Waals surface area contributed by atoms with Crippen LogP contribution in [0.3, 0.4) is 0 Å². The minimum atomic E-state index is -0.313. The van der Waals surface area contributed by atoms with Crippen molar-refractivity contribution in [2.75, 3.05) is 18.4 Å². The largest absolute Gasteiger partial charge is 0.343 e. The van der Waals surface area contributed by atoms with Crippen LogP contribution >= 0.6 is 11.3 Å². The van der Waals surface area contributed by atoms with Crippen LogP contribution in [0.4, 0.5) is 10.9 Å². The summed E-state index contributed by atoms with van der Waals surface area (Å²) in [5.74, 6) is 1.30. The van der Waals surface area contributed by atoms with Crippen LogP contribution < -0.4 is 10.6 Å². The Balaban J connectivity index is 1.37. The first-order valence-electron chi connectivity index (χ1n) is 10.1. The number of aromatic nitrogens is 4. The van der Waals surface area contributed by atoms with E-state index in [-0.39, 0.29) is 18.5 Å². The van der Waals surface area contributed by atoms with Crippen molar-refractivity contribution in [3.63, 3.8) is 0 Å². The molecule has 0 aromatic carbocycles. The molecule has 3 aromatic heterocycles. The zero-order chi connectivity index (χ0) is 21.6. The Hall–Kier alpha value is -3.36. The third-order valence-corrected chi connectivity index (χ3v) is 5.70. The molecule has 10 nitrogen and oxygen atoms in total. The molecule has 1 fully saturated rings. The summed E-state index contributed by atoms with van der Waals surface area (Å²) in [7, 11) is 0. The van der Waals surface area contributed by atoms with Crippen LogP contribution in [0.5, 0.6) is 0 Å². The van der Waals surface area contributed by atoms with Crippen molar-refractivity contribution < 1.29 is 9.32 Å². The third kappa shape index (κ3) is 5.04. The van der Waals surface area contributed by atoms with Crippen molar-refractivity contribution in [1.29, 1.82) is 5.26 Å². The summed E-state index contributed by atoms with van der Waals surface area (Å²) in [4.78, 5) is 27.7. The number of carbonyl (C=O) groups excluding carboxylic acids is 1.